The van der Waals surface area contributed by atoms with Crippen molar-refractivity contribution in [3.8, 4) is 5.75 Å². The maximum atomic E-state index is 5.71. The minimum absolute atomic E-state index is 0.178. The third-order valence-corrected chi connectivity index (χ3v) is 4.77. The van der Waals surface area contributed by atoms with E-state index >= 15 is 0 Å². The highest BCUT2D eigenvalue weighted by Crippen LogP contribution is 2.25. The molecule has 1 unspecified atom stereocenters. The quantitative estimate of drug-likeness (QED) is 0.393. The van der Waals surface area contributed by atoms with Gasteiger partial charge in [0.25, 0.3) is 0 Å². The van der Waals surface area contributed by atoms with Crippen molar-refractivity contribution < 1.29 is 9.15 Å². The van der Waals surface area contributed by atoms with Crippen molar-refractivity contribution in [2.45, 2.75) is 32.2 Å². The number of furan rings is 1. The van der Waals surface area contributed by atoms with Crippen LogP contribution in [0, 0.1) is 0 Å². The highest BCUT2D eigenvalue weighted by molar-refractivity contribution is 5.79. The molecule has 1 aliphatic rings. The predicted molar refractivity (Wildman–Crippen MR) is 111 cm³/mol. The number of nitrogens with zero attached hydrogens (tertiary/aromatic N) is 3. The van der Waals surface area contributed by atoms with Crippen LogP contribution in [-0.2, 0) is 0 Å². The minimum Gasteiger partial charge on any atom is -0.490 e. The summed E-state index contributed by atoms with van der Waals surface area (Å²) >= 11 is 0. The molecule has 0 saturated carbocycles. The molecule has 1 aliphatic heterocycles. The Bertz CT molecular complexity index is 684. The van der Waals surface area contributed by atoms with Crippen molar-refractivity contribution in [1.29, 1.82) is 0 Å². The molecular formula is C21H31N5O2. The van der Waals surface area contributed by atoms with Gasteiger partial charge >= 0.3 is 0 Å². The molecule has 2 aromatic heterocycles. The van der Waals surface area contributed by atoms with Crippen molar-refractivity contribution in [2.75, 3.05) is 39.3 Å². The Morgan fingerprint density at radius 2 is 2.14 bits per heavy atom. The molecule has 28 heavy (non-hydrogen) atoms. The third kappa shape index (κ3) is 6.27. The minimum atomic E-state index is 0.178. The molecule has 1 fully saturated rings. The lowest BCUT2D eigenvalue weighted by Crippen LogP contribution is -2.40. The second-order valence-corrected chi connectivity index (χ2v) is 6.81. The molecule has 7 heteroatoms. The van der Waals surface area contributed by atoms with E-state index in [9.17, 15) is 0 Å². The van der Waals surface area contributed by atoms with E-state index in [1.165, 1.54) is 19.3 Å². The summed E-state index contributed by atoms with van der Waals surface area (Å²) in [5.41, 5.74) is 0. The van der Waals surface area contributed by atoms with Gasteiger partial charge in [-0.1, -0.05) is 6.42 Å². The van der Waals surface area contributed by atoms with E-state index in [1.807, 2.05) is 18.2 Å². The first-order valence-corrected chi connectivity index (χ1v) is 10.2. The van der Waals surface area contributed by atoms with Gasteiger partial charge in [0.15, 0.2) is 5.96 Å². The maximum Gasteiger partial charge on any atom is 0.191 e. The van der Waals surface area contributed by atoms with Crippen LogP contribution in [0.25, 0.3) is 0 Å². The lowest BCUT2D eigenvalue weighted by Gasteiger charge is -2.32. The van der Waals surface area contributed by atoms with Gasteiger partial charge in [0.2, 0.25) is 0 Å². The molecule has 3 heterocycles. The van der Waals surface area contributed by atoms with Gasteiger partial charge in [0.1, 0.15) is 18.1 Å². The molecule has 1 atom stereocenters. The van der Waals surface area contributed by atoms with Crippen LogP contribution >= 0.6 is 0 Å². The second-order valence-electron chi connectivity index (χ2n) is 6.81. The number of pyridine rings is 1. The van der Waals surface area contributed by atoms with Gasteiger partial charge in [0.05, 0.1) is 31.6 Å². The predicted octanol–water partition coefficient (Wildman–Crippen LogP) is 2.84. The number of likely N-dealkylation sites (tertiary alicyclic amines) is 1. The first-order valence-electron chi connectivity index (χ1n) is 10.2. The van der Waals surface area contributed by atoms with E-state index in [0.717, 1.165) is 37.1 Å². The normalized spacial score (nSPS) is 16.5. The number of aliphatic imine (C=N–C) groups is 1. The van der Waals surface area contributed by atoms with E-state index in [2.05, 4.69) is 33.5 Å². The van der Waals surface area contributed by atoms with E-state index in [1.54, 1.807) is 18.7 Å². The average molecular weight is 386 g/mol. The highest BCUT2D eigenvalue weighted by atomic mass is 16.5. The molecule has 1 saturated heterocycles. The molecular weight excluding hydrogens is 354 g/mol. The van der Waals surface area contributed by atoms with Gasteiger partial charge in [-0.3, -0.25) is 14.9 Å². The maximum absolute atomic E-state index is 5.71. The second kappa shape index (κ2) is 11.3. The fourth-order valence-electron chi connectivity index (χ4n) is 3.39. The van der Waals surface area contributed by atoms with Crippen LogP contribution in [0.4, 0.5) is 0 Å². The van der Waals surface area contributed by atoms with Crippen LogP contribution in [-0.4, -0.2) is 55.2 Å². The van der Waals surface area contributed by atoms with Gasteiger partial charge < -0.3 is 19.8 Å². The fraction of sp³-hybridized carbons (Fsp3) is 0.524. The molecule has 0 spiro atoms. The molecule has 0 radical (unpaired) electrons. The molecule has 0 aliphatic carbocycles. The van der Waals surface area contributed by atoms with Crippen molar-refractivity contribution in [1.82, 2.24) is 20.5 Å². The Balaban J connectivity index is 1.54. The summed E-state index contributed by atoms with van der Waals surface area (Å²) in [6, 6.07) is 7.95. The standard InChI is InChI=1S/C21H31N5O2/c1-2-23-21(24-11-15-27-18-8-6-10-22-16-18)25-17-19(20-9-7-14-28-20)26-12-4-3-5-13-26/h6-10,14,16,19H,2-5,11-13,15,17H2,1H3,(H2,23,24,25). The summed E-state index contributed by atoms with van der Waals surface area (Å²) in [7, 11) is 0. The van der Waals surface area contributed by atoms with Crippen molar-refractivity contribution in [3.63, 3.8) is 0 Å². The molecule has 0 aromatic carbocycles. The average Bonchev–Trinajstić information content (AvgIpc) is 3.27. The number of ether oxygens (including phenoxy) is 1. The summed E-state index contributed by atoms with van der Waals surface area (Å²) in [6.07, 6.45) is 8.99. The van der Waals surface area contributed by atoms with E-state index in [4.69, 9.17) is 14.1 Å². The molecule has 2 N–H and O–H groups in total. The van der Waals surface area contributed by atoms with Crippen LogP contribution in [0.5, 0.6) is 5.75 Å². The Hall–Kier alpha value is -2.54. The Morgan fingerprint density at radius 3 is 2.86 bits per heavy atom. The number of piperidine rings is 1. The van der Waals surface area contributed by atoms with Gasteiger partial charge in [-0.05, 0) is 57.1 Å². The number of nitrogens with one attached hydrogen (secondary N) is 2. The first-order chi connectivity index (χ1) is 13.9. The highest BCUT2D eigenvalue weighted by Gasteiger charge is 2.24. The largest absolute Gasteiger partial charge is 0.490 e. The zero-order valence-corrected chi connectivity index (χ0v) is 16.6. The lowest BCUT2D eigenvalue weighted by atomic mass is 10.1. The number of hydrogen-bond donors (Lipinski definition) is 2. The summed E-state index contributed by atoms with van der Waals surface area (Å²) < 4.78 is 11.4. The molecule has 152 valence electrons. The molecule has 0 amide bonds. The van der Waals surface area contributed by atoms with Crippen molar-refractivity contribution in [3.05, 3.63) is 48.7 Å². The number of guanidine groups is 1. The van der Waals surface area contributed by atoms with E-state index in [0.29, 0.717) is 19.7 Å². The lowest BCUT2D eigenvalue weighted by molar-refractivity contribution is 0.150. The molecule has 2 aromatic rings. The smallest absolute Gasteiger partial charge is 0.191 e. The Kier molecular flexibility index (Phi) is 8.18. The van der Waals surface area contributed by atoms with Gasteiger partial charge in [-0.2, -0.15) is 0 Å². The number of hydrogen-bond acceptors (Lipinski definition) is 5. The molecule has 0 bridgehead atoms. The molecule has 3 rings (SSSR count). The Labute approximate surface area is 167 Å². The zero-order valence-electron chi connectivity index (χ0n) is 16.6. The van der Waals surface area contributed by atoms with Gasteiger partial charge in [-0.15, -0.1) is 0 Å². The van der Waals surface area contributed by atoms with Crippen LogP contribution in [0.15, 0.2) is 52.3 Å². The third-order valence-electron chi connectivity index (χ3n) is 4.77. The van der Waals surface area contributed by atoms with Crippen LogP contribution in [0.2, 0.25) is 0 Å². The first kappa shape index (κ1) is 20.2. The topological polar surface area (TPSA) is 74.9 Å². The van der Waals surface area contributed by atoms with E-state index in [-0.39, 0.29) is 6.04 Å². The van der Waals surface area contributed by atoms with Crippen LogP contribution in [0.3, 0.4) is 0 Å². The van der Waals surface area contributed by atoms with Crippen molar-refractivity contribution in [2.24, 2.45) is 4.99 Å². The summed E-state index contributed by atoms with van der Waals surface area (Å²) in [4.78, 5) is 11.4. The monoisotopic (exact) mass is 385 g/mol. The van der Waals surface area contributed by atoms with Gasteiger partial charge in [-0.25, -0.2) is 0 Å². The Morgan fingerprint density at radius 1 is 1.25 bits per heavy atom. The SMILES string of the molecule is CCNC(=NCC(c1ccco1)N1CCCCC1)NCCOc1cccnc1. The fourth-order valence-corrected chi connectivity index (χ4v) is 3.39. The summed E-state index contributed by atoms with van der Waals surface area (Å²) in [5, 5.41) is 6.65. The van der Waals surface area contributed by atoms with E-state index < -0.39 is 0 Å². The summed E-state index contributed by atoms with van der Waals surface area (Å²) in [6.45, 7) is 6.95. The van der Waals surface area contributed by atoms with Gasteiger partial charge in [0, 0.05) is 12.7 Å². The summed E-state index contributed by atoms with van der Waals surface area (Å²) in [5.74, 6) is 2.56. The zero-order chi connectivity index (χ0) is 19.4. The van der Waals surface area contributed by atoms with Crippen LogP contribution < -0.4 is 15.4 Å². The number of aromatic nitrogens is 1. The van der Waals surface area contributed by atoms with Crippen LogP contribution in [0.1, 0.15) is 38.0 Å². The molecule has 7 nitrogen and oxygen atoms in total. The number of rotatable bonds is 9. The van der Waals surface area contributed by atoms with Crippen molar-refractivity contribution >= 4 is 5.96 Å².